The monoisotopic (exact) mass is 628 g/mol. The van der Waals surface area contributed by atoms with Gasteiger partial charge in [0.05, 0.1) is 18.0 Å². The SMILES string of the molecule is CCCN(CCC)C1CCN(C(=O)c2ccc(Nc3ncc(C)c(Nc4ccccc4C(=O)C(=O)C(C)C)n3)c(OCC)c2)CC1. The number of carbonyl (C=O) groups is 3. The maximum atomic E-state index is 13.5. The Labute approximate surface area is 272 Å². The van der Waals surface area contributed by atoms with Crippen molar-refractivity contribution in [1.82, 2.24) is 19.8 Å². The molecule has 0 saturated carbocycles. The van der Waals surface area contributed by atoms with Gasteiger partial charge in [-0.15, -0.1) is 0 Å². The van der Waals surface area contributed by atoms with Crippen molar-refractivity contribution in [2.45, 2.75) is 73.3 Å². The Morgan fingerprint density at radius 1 is 0.978 bits per heavy atom. The van der Waals surface area contributed by atoms with Crippen LogP contribution in [0.15, 0.2) is 48.7 Å². The minimum Gasteiger partial charge on any atom is -0.492 e. The fourth-order valence-electron chi connectivity index (χ4n) is 5.76. The number of rotatable bonds is 15. The number of anilines is 4. The summed E-state index contributed by atoms with van der Waals surface area (Å²) in [6, 6.07) is 12.8. The molecular formula is C36H48N6O4. The molecule has 1 amide bonds. The average molecular weight is 629 g/mol. The summed E-state index contributed by atoms with van der Waals surface area (Å²) in [5, 5.41) is 6.45. The summed E-state index contributed by atoms with van der Waals surface area (Å²) in [5.41, 5.74) is 2.73. The van der Waals surface area contributed by atoms with E-state index in [2.05, 4.69) is 39.3 Å². The van der Waals surface area contributed by atoms with Crippen LogP contribution in [0.5, 0.6) is 5.75 Å². The third-order valence-electron chi connectivity index (χ3n) is 8.21. The van der Waals surface area contributed by atoms with Crippen molar-refractivity contribution in [2.24, 2.45) is 5.92 Å². The number of hydrogen-bond acceptors (Lipinski definition) is 9. The second-order valence-electron chi connectivity index (χ2n) is 12.1. The van der Waals surface area contributed by atoms with Crippen molar-refractivity contribution < 1.29 is 19.1 Å². The number of piperidine rings is 1. The number of hydrogen-bond donors (Lipinski definition) is 2. The molecular weight excluding hydrogens is 580 g/mol. The number of nitrogens with one attached hydrogen (secondary N) is 2. The van der Waals surface area contributed by atoms with Crippen molar-refractivity contribution in [3.8, 4) is 5.75 Å². The zero-order valence-electron chi connectivity index (χ0n) is 28.1. The zero-order valence-corrected chi connectivity index (χ0v) is 28.1. The Morgan fingerprint density at radius 2 is 1.67 bits per heavy atom. The van der Waals surface area contributed by atoms with Gasteiger partial charge in [0.25, 0.3) is 5.91 Å². The lowest BCUT2D eigenvalue weighted by molar-refractivity contribution is -0.117. The van der Waals surface area contributed by atoms with E-state index >= 15 is 0 Å². The highest BCUT2D eigenvalue weighted by atomic mass is 16.5. The van der Waals surface area contributed by atoms with E-state index in [1.165, 1.54) is 0 Å². The minimum absolute atomic E-state index is 0.00530. The molecule has 0 radical (unpaired) electrons. The molecule has 0 unspecified atom stereocenters. The van der Waals surface area contributed by atoms with Gasteiger partial charge in [0.2, 0.25) is 17.5 Å². The van der Waals surface area contributed by atoms with Gasteiger partial charge >= 0.3 is 0 Å². The van der Waals surface area contributed by atoms with Crippen molar-refractivity contribution in [1.29, 1.82) is 0 Å². The maximum absolute atomic E-state index is 13.5. The molecule has 0 spiro atoms. The summed E-state index contributed by atoms with van der Waals surface area (Å²) in [6.07, 6.45) is 5.92. The first-order valence-electron chi connectivity index (χ1n) is 16.5. The number of ketones is 2. The van der Waals surface area contributed by atoms with E-state index < -0.39 is 17.5 Å². The summed E-state index contributed by atoms with van der Waals surface area (Å²) in [6.45, 7) is 15.7. The number of aryl methyl sites for hydroxylation is 1. The zero-order chi connectivity index (χ0) is 33.2. The summed E-state index contributed by atoms with van der Waals surface area (Å²) in [5.74, 6) is -0.0687. The van der Waals surface area contributed by atoms with Gasteiger partial charge in [0, 0.05) is 47.9 Å². The summed E-state index contributed by atoms with van der Waals surface area (Å²) < 4.78 is 5.94. The first-order valence-corrected chi connectivity index (χ1v) is 16.5. The third-order valence-corrected chi connectivity index (χ3v) is 8.21. The molecule has 2 N–H and O–H groups in total. The highest BCUT2D eigenvalue weighted by Crippen LogP contribution is 2.31. The van der Waals surface area contributed by atoms with Crippen molar-refractivity contribution >= 4 is 40.6 Å². The number of para-hydroxylation sites is 1. The minimum atomic E-state index is -0.543. The van der Waals surface area contributed by atoms with Gasteiger partial charge in [0.1, 0.15) is 11.6 Å². The summed E-state index contributed by atoms with van der Waals surface area (Å²) in [4.78, 5) is 52.5. The highest BCUT2D eigenvalue weighted by molar-refractivity contribution is 6.45. The van der Waals surface area contributed by atoms with Crippen LogP contribution in [-0.2, 0) is 4.79 Å². The van der Waals surface area contributed by atoms with E-state index in [-0.39, 0.29) is 11.5 Å². The van der Waals surface area contributed by atoms with E-state index in [4.69, 9.17) is 4.74 Å². The Balaban J connectivity index is 1.50. The Kier molecular flexibility index (Phi) is 12.3. The van der Waals surface area contributed by atoms with Crippen LogP contribution in [0.2, 0.25) is 0 Å². The third kappa shape index (κ3) is 8.48. The first kappa shape index (κ1) is 34.6. The fraction of sp³-hybridized carbons (Fsp3) is 0.472. The van der Waals surface area contributed by atoms with Crippen LogP contribution < -0.4 is 15.4 Å². The molecule has 2 aromatic carbocycles. The highest BCUT2D eigenvalue weighted by Gasteiger charge is 2.27. The smallest absolute Gasteiger partial charge is 0.253 e. The standard InChI is InChI=1S/C36H48N6O4/c1-7-18-41(19-8-2)27-16-20-42(21-17-27)35(45)26-14-15-30(31(22-26)46-9-3)39-36-37-23-25(6)34(40-36)38-29-13-11-10-12-28(29)33(44)32(43)24(4)5/h10-15,22-24,27H,7-9,16-21H2,1-6H3,(H2,37,38,39,40). The second kappa shape index (κ2) is 16.3. The molecule has 3 aromatic rings. The van der Waals surface area contributed by atoms with E-state index in [1.54, 1.807) is 56.4 Å². The summed E-state index contributed by atoms with van der Waals surface area (Å²) >= 11 is 0. The second-order valence-corrected chi connectivity index (χ2v) is 12.1. The number of likely N-dealkylation sites (tertiary alicyclic amines) is 1. The lowest BCUT2D eigenvalue weighted by atomic mass is 9.98. The number of Topliss-reactive ketones (excluding diaryl/α,β-unsaturated/α-hetero) is 2. The van der Waals surface area contributed by atoms with E-state index in [1.807, 2.05) is 24.8 Å². The number of nitrogens with zero attached hydrogens (tertiary/aromatic N) is 4. The number of amides is 1. The molecule has 0 aliphatic carbocycles. The van der Waals surface area contributed by atoms with Gasteiger partial charge in [-0.1, -0.05) is 39.8 Å². The topological polar surface area (TPSA) is 117 Å². The van der Waals surface area contributed by atoms with Gasteiger partial charge in [0.15, 0.2) is 0 Å². The maximum Gasteiger partial charge on any atom is 0.253 e. The van der Waals surface area contributed by atoms with Gasteiger partial charge in [-0.05, 0) is 83.0 Å². The molecule has 10 nitrogen and oxygen atoms in total. The first-order chi connectivity index (χ1) is 22.2. The van der Waals surface area contributed by atoms with Crippen molar-refractivity contribution in [3.63, 3.8) is 0 Å². The molecule has 1 fully saturated rings. The molecule has 1 aliphatic rings. The largest absolute Gasteiger partial charge is 0.492 e. The molecule has 1 saturated heterocycles. The van der Waals surface area contributed by atoms with E-state index in [9.17, 15) is 14.4 Å². The number of aromatic nitrogens is 2. The number of ether oxygens (including phenoxy) is 1. The molecule has 46 heavy (non-hydrogen) atoms. The van der Waals surface area contributed by atoms with Crippen LogP contribution in [0.1, 0.15) is 86.6 Å². The molecule has 0 bridgehead atoms. The van der Waals surface area contributed by atoms with Crippen molar-refractivity contribution in [3.05, 3.63) is 65.4 Å². The van der Waals surface area contributed by atoms with Gasteiger partial charge < -0.3 is 25.2 Å². The van der Waals surface area contributed by atoms with Crippen LogP contribution in [0.25, 0.3) is 0 Å². The molecule has 2 heterocycles. The predicted octanol–water partition coefficient (Wildman–Crippen LogP) is 6.81. The van der Waals surface area contributed by atoms with Gasteiger partial charge in [-0.25, -0.2) is 4.98 Å². The van der Waals surface area contributed by atoms with Crippen LogP contribution in [-0.4, -0.2) is 76.1 Å². The Morgan fingerprint density at radius 3 is 2.33 bits per heavy atom. The Bertz CT molecular complexity index is 1510. The molecule has 10 heteroatoms. The lowest BCUT2D eigenvalue weighted by Gasteiger charge is -2.38. The molecule has 4 rings (SSSR count). The molecule has 0 atom stereocenters. The fourth-order valence-corrected chi connectivity index (χ4v) is 5.76. The molecule has 1 aliphatic heterocycles. The van der Waals surface area contributed by atoms with Crippen LogP contribution in [0.3, 0.4) is 0 Å². The molecule has 1 aromatic heterocycles. The molecule has 246 valence electrons. The van der Waals surface area contributed by atoms with Crippen molar-refractivity contribution in [2.75, 3.05) is 43.4 Å². The van der Waals surface area contributed by atoms with Crippen LogP contribution in [0.4, 0.5) is 23.1 Å². The average Bonchev–Trinajstić information content (AvgIpc) is 3.06. The van der Waals surface area contributed by atoms with E-state index in [0.29, 0.717) is 47.1 Å². The van der Waals surface area contributed by atoms with Gasteiger partial charge in [-0.2, -0.15) is 4.98 Å². The number of carbonyl (C=O) groups excluding carboxylic acids is 3. The lowest BCUT2D eigenvalue weighted by Crippen LogP contribution is -2.47. The van der Waals surface area contributed by atoms with Crippen LogP contribution >= 0.6 is 0 Å². The van der Waals surface area contributed by atoms with Crippen LogP contribution in [0, 0.1) is 12.8 Å². The predicted molar refractivity (Wildman–Crippen MR) is 183 cm³/mol. The number of benzene rings is 2. The Hall–Kier alpha value is -4.31. The normalized spacial score (nSPS) is 13.6. The summed E-state index contributed by atoms with van der Waals surface area (Å²) in [7, 11) is 0. The quantitative estimate of drug-likeness (QED) is 0.138. The van der Waals surface area contributed by atoms with E-state index in [0.717, 1.165) is 57.4 Å². The van der Waals surface area contributed by atoms with Gasteiger partial charge in [-0.3, -0.25) is 14.4 Å².